The Bertz CT molecular complexity index is 1080. The van der Waals surface area contributed by atoms with Crippen LogP contribution in [0.4, 0.5) is 4.39 Å². The van der Waals surface area contributed by atoms with Crippen molar-refractivity contribution in [1.82, 2.24) is 14.8 Å². The van der Waals surface area contributed by atoms with Crippen molar-refractivity contribution >= 4 is 52.3 Å². The Kier molecular flexibility index (Phi) is 6.58. The van der Waals surface area contributed by atoms with Gasteiger partial charge in [0.05, 0.1) is 21.5 Å². The summed E-state index contributed by atoms with van der Waals surface area (Å²) in [6.45, 7) is 5.58. The molecule has 1 heterocycles. The second-order valence-corrected chi connectivity index (χ2v) is 9.52. The fraction of sp³-hybridized carbons (Fsp3) is 0.250. The van der Waals surface area contributed by atoms with E-state index >= 15 is 0 Å². The van der Waals surface area contributed by atoms with E-state index in [0.29, 0.717) is 32.3 Å². The highest BCUT2D eigenvalue weighted by Gasteiger charge is 2.24. The summed E-state index contributed by atoms with van der Waals surface area (Å²) in [5.74, 6) is 0.178. The number of ketones is 1. The fourth-order valence-corrected chi connectivity index (χ4v) is 4.19. The van der Waals surface area contributed by atoms with Crippen molar-refractivity contribution in [2.45, 2.75) is 25.9 Å². The lowest BCUT2D eigenvalue weighted by atomic mass is 9.92. The molecule has 0 atom stereocenters. The van der Waals surface area contributed by atoms with E-state index in [0.717, 1.165) is 0 Å². The van der Waals surface area contributed by atoms with Crippen molar-refractivity contribution in [3.63, 3.8) is 0 Å². The Labute approximate surface area is 187 Å². The first-order valence-corrected chi connectivity index (χ1v) is 10.7. The summed E-state index contributed by atoms with van der Waals surface area (Å²) in [7, 11) is 0. The molecule has 0 bridgehead atoms. The molecule has 0 N–H and O–H groups in total. The summed E-state index contributed by atoms with van der Waals surface area (Å²) in [4.78, 5) is 12.4. The average Bonchev–Trinajstić information content (AvgIpc) is 3.04. The maximum absolute atomic E-state index is 13.7. The normalized spacial score (nSPS) is 11.7. The molecule has 0 radical (unpaired) electrons. The van der Waals surface area contributed by atoms with Gasteiger partial charge in [0.1, 0.15) is 11.6 Å². The monoisotopic (exact) mass is 471 g/mol. The quantitative estimate of drug-likeness (QED) is 0.386. The van der Waals surface area contributed by atoms with Crippen LogP contribution in [0, 0.1) is 11.2 Å². The van der Waals surface area contributed by atoms with Gasteiger partial charge in [0.2, 0.25) is 0 Å². The number of benzene rings is 2. The molecule has 4 nitrogen and oxygen atoms in total. The van der Waals surface area contributed by atoms with Crippen LogP contribution in [-0.4, -0.2) is 26.3 Å². The number of carbonyl (C=O) groups is 1. The van der Waals surface area contributed by atoms with Gasteiger partial charge < -0.3 is 0 Å². The van der Waals surface area contributed by atoms with Gasteiger partial charge in [-0.2, -0.15) is 0 Å². The molecule has 0 amide bonds. The molecule has 0 aliphatic carbocycles. The van der Waals surface area contributed by atoms with Crippen LogP contribution in [-0.2, 0) is 4.79 Å². The lowest BCUT2D eigenvalue weighted by Crippen LogP contribution is -2.22. The van der Waals surface area contributed by atoms with Gasteiger partial charge in [0, 0.05) is 16.0 Å². The van der Waals surface area contributed by atoms with E-state index in [2.05, 4.69) is 10.2 Å². The van der Waals surface area contributed by atoms with Gasteiger partial charge in [-0.05, 0) is 36.4 Å². The minimum atomic E-state index is -0.535. The van der Waals surface area contributed by atoms with E-state index in [1.165, 1.54) is 23.9 Å². The summed E-state index contributed by atoms with van der Waals surface area (Å²) >= 11 is 19.6. The van der Waals surface area contributed by atoms with Crippen LogP contribution in [0.5, 0.6) is 0 Å². The third kappa shape index (κ3) is 4.94. The summed E-state index contributed by atoms with van der Waals surface area (Å²) in [5.41, 5.74) is 0.672. The first-order valence-electron chi connectivity index (χ1n) is 8.60. The highest BCUT2D eigenvalue weighted by Crippen LogP contribution is 2.34. The number of hydrogen-bond donors (Lipinski definition) is 0. The van der Waals surface area contributed by atoms with Crippen LogP contribution in [0.25, 0.3) is 17.1 Å². The zero-order valence-electron chi connectivity index (χ0n) is 15.8. The Hall–Kier alpha value is -1.60. The van der Waals surface area contributed by atoms with Crippen molar-refractivity contribution in [2.24, 2.45) is 5.41 Å². The minimum absolute atomic E-state index is 0.0360. The summed E-state index contributed by atoms with van der Waals surface area (Å²) in [6.07, 6.45) is 0. The van der Waals surface area contributed by atoms with E-state index < -0.39 is 11.2 Å². The maximum atomic E-state index is 13.7. The minimum Gasteiger partial charge on any atom is -0.298 e. The van der Waals surface area contributed by atoms with Gasteiger partial charge in [-0.25, -0.2) is 4.39 Å². The van der Waals surface area contributed by atoms with Crippen molar-refractivity contribution in [3.8, 4) is 17.1 Å². The molecule has 3 aromatic rings. The van der Waals surface area contributed by atoms with Gasteiger partial charge >= 0.3 is 0 Å². The molecule has 1 aromatic heterocycles. The van der Waals surface area contributed by atoms with Crippen LogP contribution in [0.1, 0.15) is 20.8 Å². The number of rotatable bonds is 5. The first-order chi connectivity index (χ1) is 13.6. The predicted molar refractivity (Wildman–Crippen MR) is 117 cm³/mol. The SMILES string of the molecule is CC(C)(C)C(=O)CSc1nnc(-c2ccc(Cl)cc2Cl)n1-c1ccc(F)c(Cl)c1. The van der Waals surface area contributed by atoms with Gasteiger partial charge in [-0.1, -0.05) is 67.3 Å². The van der Waals surface area contributed by atoms with Crippen LogP contribution < -0.4 is 0 Å². The van der Waals surface area contributed by atoms with Crippen molar-refractivity contribution in [3.05, 3.63) is 57.3 Å². The average molecular weight is 473 g/mol. The summed E-state index contributed by atoms with van der Waals surface area (Å²) in [6, 6.07) is 9.32. The smallest absolute Gasteiger partial charge is 0.196 e. The van der Waals surface area contributed by atoms with Crippen molar-refractivity contribution < 1.29 is 9.18 Å². The molecule has 3 rings (SSSR count). The molecule has 2 aromatic carbocycles. The second kappa shape index (κ2) is 8.64. The third-order valence-corrected chi connectivity index (χ3v) is 5.90. The Morgan fingerprint density at radius 1 is 1.07 bits per heavy atom. The standard InChI is InChI=1S/C20H17Cl3FN3OS/c1-20(2,3)17(28)10-29-19-26-25-18(13-6-4-11(21)8-14(13)22)27(19)12-5-7-16(24)15(23)9-12/h4-9H,10H2,1-3H3. The lowest BCUT2D eigenvalue weighted by Gasteiger charge is -2.16. The third-order valence-electron chi connectivity index (χ3n) is 4.14. The van der Waals surface area contributed by atoms with Crippen molar-refractivity contribution in [1.29, 1.82) is 0 Å². The van der Waals surface area contributed by atoms with E-state index in [1.807, 2.05) is 20.8 Å². The molecule has 9 heteroatoms. The highest BCUT2D eigenvalue weighted by molar-refractivity contribution is 7.99. The molecule has 0 saturated carbocycles. The summed E-state index contributed by atoms with van der Waals surface area (Å²) in [5, 5.41) is 9.80. The number of thioether (sulfide) groups is 1. The Morgan fingerprint density at radius 2 is 1.79 bits per heavy atom. The molecular formula is C20H17Cl3FN3OS. The number of aromatic nitrogens is 3. The first kappa shape index (κ1) is 22.1. The van der Waals surface area contributed by atoms with Crippen molar-refractivity contribution in [2.75, 3.05) is 5.75 Å². The van der Waals surface area contributed by atoms with Crippen LogP contribution in [0.3, 0.4) is 0 Å². The van der Waals surface area contributed by atoms with Gasteiger partial charge in [0.25, 0.3) is 0 Å². The van der Waals surface area contributed by atoms with E-state index in [-0.39, 0.29) is 16.6 Å². The highest BCUT2D eigenvalue weighted by atomic mass is 35.5. The molecule has 152 valence electrons. The molecule has 29 heavy (non-hydrogen) atoms. The van der Waals surface area contributed by atoms with E-state index in [4.69, 9.17) is 34.8 Å². The topological polar surface area (TPSA) is 47.8 Å². The fourth-order valence-electron chi connectivity index (χ4n) is 2.41. The predicted octanol–water partition coefficient (Wildman–Crippen LogP) is 6.74. The van der Waals surface area contributed by atoms with Gasteiger partial charge in [0.15, 0.2) is 11.0 Å². The Morgan fingerprint density at radius 3 is 2.41 bits per heavy atom. The van der Waals surface area contributed by atoms with E-state index in [1.54, 1.807) is 28.8 Å². The molecule has 0 aliphatic heterocycles. The van der Waals surface area contributed by atoms with Crippen LogP contribution in [0.15, 0.2) is 41.6 Å². The van der Waals surface area contributed by atoms with Crippen LogP contribution >= 0.6 is 46.6 Å². The number of nitrogens with zero attached hydrogens (tertiary/aromatic N) is 3. The largest absolute Gasteiger partial charge is 0.298 e. The maximum Gasteiger partial charge on any atom is 0.196 e. The molecule has 0 saturated heterocycles. The lowest BCUT2D eigenvalue weighted by molar-refractivity contribution is -0.123. The molecule has 0 aliphatic rings. The Balaban J connectivity index is 2.11. The number of Topliss-reactive ketones (excluding diaryl/α,β-unsaturated/α-hetero) is 1. The van der Waals surface area contributed by atoms with Gasteiger partial charge in [-0.15, -0.1) is 10.2 Å². The van der Waals surface area contributed by atoms with Crippen LogP contribution in [0.2, 0.25) is 15.1 Å². The number of hydrogen-bond acceptors (Lipinski definition) is 4. The zero-order chi connectivity index (χ0) is 21.3. The molecule has 0 spiro atoms. The molecule has 0 unspecified atom stereocenters. The van der Waals surface area contributed by atoms with Gasteiger partial charge in [-0.3, -0.25) is 9.36 Å². The second-order valence-electron chi connectivity index (χ2n) is 7.33. The number of halogens is 4. The zero-order valence-corrected chi connectivity index (χ0v) is 18.9. The molecule has 0 fully saturated rings. The number of carbonyl (C=O) groups excluding carboxylic acids is 1. The molecular weight excluding hydrogens is 456 g/mol. The van der Waals surface area contributed by atoms with E-state index in [9.17, 15) is 9.18 Å². The summed E-state index contributed by atoms with van der Waals surface area (Å²) < 4.78 is 15.4.